The van der Waals surface area contributed by atoms with Gasteiger partial charge in [0.2, 0.25) is 0 Å². The zero-order valence-corrected chi connectivity index (χ0v) is 11.8. The van der Waals surface area contributed by atoms with Crippen LogP contribution in [0, 0.1) is 11.6 Å². The standard InChI is InChI=1S/C14H10ClF2NO4/c15-10-5-12(17)11(16)4-9(10)14(20)22-7-13(19)18-6-8-2-1-3-21-8/h1-5H,6-7H2,(H,18,19). The van der Waals surface area contributed by atoms with Crippen molar-refractivity contribution in [2.24, 2.45) is 0 Å². The molecule has 0 aliphatic carbocycles. The van der Waals surface area contributed by atoms with Crippen molar-refractivity contribution in [3.05, 3.63) is 58.5 Å². The number of amides is 1. The molecule has 2 rings (SSSR count). The maximum Gasteiger partial charge on any atom is 0.340 e. The number of furan rings is 1. The number of hydrogen-bond donors (Lipinski definition) is 1. The van der Waals surface area contributed by atoms with Crippen molar-refractivity contribution in [3.8, 4) is 0 Å². The van der Waals surface area contributed by atoms with Crippen LogP contribution in [0.3, 0.4) is 0 Å². The van der Waals surface area contributed by atoms with Crippen molar-refractivity contribution >= 4 is 23.5 Å². The van der Waals surface area contributed by atoms with E-state index < -0.39 is 30.1 Å². The van der Waals surface area contributed by atoms with E-state index in [9.17, 15) is 18.4 Å². The summed E-state index contributed by atoms with van der Waals surface area (Å²) in [7, 11) is 0. The summed E-state index contributed by atoms with van der Waals surface area (Å²) in [5, 5.41) is 2.14. The van der Waals surface area contributed by atoms with E-state index in [1.807, 2.05) is 0 Å². The second-order valence-electron chi connectivity index (χ2n) is 4.18. The van der Waals surface area contributed by atoms with Crippen molar-refractivity contribution in [2.45, 2.75) is 6.54 Å². The van der Waals surface area contributed by atoms with Crippen LogP contribution < -0.4 is 5.32 Å². The minimum atomic E-state index is -1.24. The smallest absolute Gasteiger partial charge is 0.340 e. The highest BCUT2D eigenvalue weighted by Gasteiger charge is 2.17. The molecule has 0 atom stereocenters. The van der Waals surface area contributed by atoms with Gasteiger partial charge in [0.05, 0.1) is 23.4 Å². The molecule has 8 heteroatoms. The molecule has 0 aliphatic rings. The van der Waals surface area contributed by atoms with E-state index >= 15 is 0 Å². The molecule has 1 N–H and O–H groups in total. The van der Waals surface area contributed by atoms with E-state index in [2.05, 4.69) is 10.1 Å². The van der Waals surface area contributed by atoms with Crippen LogP contribution in [0.5, 0.6) is 0 Å². The molecule has 22 heavy (non-hydrogen) atoms. The van der Waals surface area contributed by atoms with Crippen molar-refractivity contribution < 1.29 is 27.5 Å². The highest BCUT2D eigenvalue weighted by atomic mass is 35.5. The van der Waals surface area contributed by atoms with Crippen LogP contribution in [-0.2, 0) is 16.1 Å². The topological polar surface area (TPSA) is 68.5 Å². The van der Waals surface area contributed by atoms with Crippen LogP contribution >= 0.6 is 11.6 Å². The summed E-state index contributed by atoms with van der Waals surface area (Å²) in [5.74, 6) is -3.50. The Kier molecular flexibility index (Phi) is 5.11. The van der Waals surface area contributed by atoms with E-state index in [1.165, 1.54) is 6.26 Å². The maximum atomic E-state index is 13.1. The third kappa shape index (κ3) is 4.05. The van der Waals surface area contributed by atoms with Gasteiger partial charge in [0.25, 0.3) is 5.91 Å². The number of carbonyl (C=O) groups excluding carboxylic acids is 2. The predicted octanol–water partition coefficient (Wildman–Crippen LogP) is 2.68. The third-order valence-corrected chi connectivity index (χ3v) is 2.92. The molecule has 0 saturated carbocycles. The molecule has 1 aromatic heterocycles. The minimum absolute atomic E-state index is 0.134. The molecule has 0 unspecified atom stereocenters. The lowest BCUT2D eigenvalue weighted by molar-refractivity contribution is -0.124. The molecule has 2 aromatic rings. The first-order valence-electron chi connectivity index (χ1n) is 6.08. The normalized spacial score (nSPS) is 10.3. The zero-order chi connectivity index (χ0) is 16.1. The third-order valence-electron chi connectivity index (χ3n) is 2.60. The van der Waals surface area contributed by atoms with Crippen LogP contribution in [0.15, 0.2) is 34.9 Å². The van der Waals surface area contributed by atoms with Crippen molar-refractivity contribution in [1.29, 1.82) is 0 Å². The summed E-state index contributed by atoms with van der Waals surface area (Å²) in [4.78, 5) is 23.2. The van der Waals surface area contributed by atoms with E-state index in [1.54, 1.807) is 12.1 Å². The number of hydrogen-bond acceptors (Lipinski definition) is 4. The fourth-order valence-corrected chi connectivity index (χ4v) is 1.77. The van der Waals surface area contributed by atoms with Crippen molar-refractivity contribution in [1.82, 2.24) is 5.32 Å². The number of benzene rings is 1. The van der Waals surface area contributed by atoms with Crippen LogP contribution in [0.2, 0.25) is 5.02 Å². The van der Waals surface area contributed by atoms with Crippen molar-refractivity contribution in [3.63, 3.8) is 0 Å². The van der Waals surface area contributed by atoms with Gasteiger partial charge in [-0.15, -0.1) is 0 Å². The molecule has 0 radical (unpaired) electrons. The predicted molar refractivity (Wildman–Crippen MR) is 72.2 cm³/mol. The number of esters is 1. The zero-order valence-electron chi connectivity index (χ0n) is 11.1. The van der Waals surface area contributed by atoms with Crippen molar-refractivity contribution in [2.75, 3.05) is 6.61 Å². The summed E-state index contributed by atoms with van der Waals surface area (Å²) in [5.41, 5.74) is -0.362. The van der Waals surface area contributed by atoms with Gasteiger partial charge >= 0.3 is 5.97 Å². The second kappa shape index (κ2) is 7.04. The summed E-state index contributed by atoms with van der Waals surface area (Å²) < 4.78 is 35.6. The van der Waals surface area contributed by atoms with Gasteiger partial charge in [-0.05, 0) is 24.3 Å². The molecule has 1 aromatic carbocycles. The number of halogens is 3. The lowest BCUT2D eigenvalue weighted by Gasteiger charge is -2.07. The molecule has 0 aliphatic heterocycles. The average Bonchev–Trinajstić information content (AvgIpc) is 2.99. The lowest BCUT2D eigenvalue weighted by Crippen LogP contribution is -2.28. The fraction of sp³-hybridized carbons (Fsp3) is 0.143. The molecule has 0 bridgehead atoms. The van der Waals surface area contributed by atoms with E-state index in [4.69, 9.17) is 16.0 Å². The Balaban J connectivity index is 1.87. The second-order valence-corrected chi connectivity index (χ2v) is 4.59. The summed E-state index contributed by atoms with van der Waals surface area (Å²) in [6, 6.07) is 4.59. The quantitative estimate of drug-likeness (QED) is 0.676. The molecule has 0 spiro atoms. The van der Waals surface area contributed by atoms with Crippen LogP contribution in [0.4, 0.5) is 8.78 Å². The lowest BCUT2D eigenvalue weighted by atomic mass is 10.2. The Morgan fingerprint density at radius 1 is 1.27 bits per heavy atom. The molecule has 1 amide bonds. The number of nitrogens with one attached hydrogen (secondary N) is 1. The first-order chi connectivity index (χ1) is 10.5. The summed E-state index contributed by atoms with van der Waals surface area (Å²) in [6.45, 7) is -0.454. The van der Waals surface area contributed by atoms with E-state index in [0.717, 1.165) is 0 Å². The Labute approximate surface area is 128 Å². The number of ether oxygens (including phenoxy) is 1. The molecular weight excluding hydrogens is 320 g/mol. The SMILES string of the molecule is O=C(COC(=O)c1cc(F)c(F)cc1Cl)NCc1ccco1. The van der Waals surface area contributed by atoms with Gasteiger partial charge in [0, 0.05) is 0 Å². The van der Waals surface area contributed by atoms with Crippen LogP contribution in [0.1, 0.15) is 16.1 Å². The van der Waals surface area contributed by atoms with Gasteiger partial charge in [-0.2, -0.15) is 0 Å². The molecule has 0 saturated heterocycles. The first kappa shape index (κ1) is 16.0. The van der Waals surface area contributed by atoms with Gasteiger partial charge in [-0.25, -0.2) is 13.6 Å². The first-order valence-corrected chi connectivity index (χ1v) is 6.46. The summed E-state index contributed by atoms with van der Waals surface area (Å²) in [6.07, 6.45) is 1.45. The molecule has 1 heterocycles. The fourth-order valence-electron chi connectivity index (χ4n) is 1.54. The Hall–Kier alpha value is -2.41. The Morgan fingerprint density at radius 3 is 2.68 bits per heavy atom. The van der Waals surface area contributed by atoms with Crippen LogP contribution in [0.25, 0.3) is 0 Å². The molecule has 116 valence electrons. The number of carbonyl (C=O) groups is 2. The maximum absolute atomic E-state index is 13.1. The molecule has 0 fully saturated rings. The van der Waals surface area contributed by atoms with Gasteiger partial charge in [0.15, 0.2) is 18.2 Å². The van der Waals surface area contributed by atoms with Gasteiger partial charge < -0.3 is 14.5 Å². The monoisotopic (exact) mass is 329 g/mol. The molecule has 5 nitrogen and oxygen atoms in total. The highest BCUT2D eigenvalue weighted by molar-refractivity contribution is 6.33. The average molecular weight is 330 g/mol. The minimum Gasteiger partial charge on any atom is -0.467 e. The highest BCUT2D eigenvalue weighted by Crippen LogP contribution is 2.20. The number of rotatable bonds is 5. The Morgan fingerprint density at radius 2 is 2.00 bits per heavy atom. The van der Waals surface area contributed by atoms with Gasteiger partial charge in [-0.1, -0.05) is 11.6 Å². The van der Waals surface area contributed by atoms with Gasteiger partial charge in [0.1, 0.15) is 5.76 Å². The summed E-state index contributed by atoms with van der Waals surface area (Å²) >= 11 is 5.62. The largest absolute Gasteiger partial charge is 0.467 e. The van der Waals surface area contributed by atoms with Crippen LogP contribution in [-0.4, -0.2) is 18.5 Å². The van der Waals surface area contributed by atoms with E-state index in [-0.39, 0.29) is 17.1 Å². The molecular formula is C14H10ClF2NO4. The Bertz CT molecular complexity index is 688. The van der Waals surface area contributed by atoms with Gasteiger partial charge in [-0.3, -0.25) is 4.79 Å². The van der Waals surface area contributed by atoms with E-state index in [0.29, 0.717) is 17.9 Å².